The van der Waals surface area contributed by atoms with Crippen LogP contribution in [0.15, 0.2) is 45.4 Å². The number of fused-ring (bicyclic) bond motifs is 1. The number of carboxylic acid groups (broad SMARTS) is 1. The minimum atomic E-state index is -1.27. The normalized spacial score (nSPS) is 17.2. The van der Waals surface area contributed by atoms with E-state index >= 15 is 0 Å². The maximum atomic E-state index is 12.9. The second kappa shape index (κ2) is 7.81. The maximum Gasteiger partial charge on any atom is 0.336 e. The number of aliphatic hydroxyl groups is 1. The van der Waals surface area contributed by atoms with Crippen molar-refractivity contribution in [3.63, 3.8) is 0 Å². The monoisotopic (exact) mass is 387 g/mol. The smallest absolute Gasteiger partial charge is 0.336 e. The van der Waals surface area contributed by atoms with Gasteiger partial charge in [-0.2, -0.15) is 0 Å². The van der Waals surface area contributed by atoms with Crippen LogP contribution in [0, 0.1) is 5.92 Å². The molecule has 1 aromatic carbocycles. The Morgan fingerprint density at radius 3 is 2.68 bits per heavy atom. The van der Waals surface area contributed by atoms with Gasteiger partial charge in [0.2, 0.25) is 0 Å². The summed E-state index contributed by atoms with van der Waals surface area (Å²) in [6.45, 7) is 5.10. The van der Waals surface area contributed by atoms with Crippen LogP contribution in [0.25, 0.3) is 11.0 Å². The number of aromatic nitrogens is 2. The molecule has 9 heteroatoms. The molecule has 0 aliphatic carbocycles. The highest BCUT2D eigenvalue weighted by Crippen LogP contribution is 2.40. The Bertz CT molecular complexity index is 988. The number of esters is 1. The van der Waals surface area contributed by atoms with Gasteiger partial charge in [0.15, 0.2) is 0 Å². The van der Waals surface area contributed by atoms with Crippen molar-refractivity contribution in [2.24, 2.45) is 5.92 Å². The quantitative estimate of drug-likeness (QED) is 0.633. The minimum Gasteiger partial charge on any atom is -0.478 e. The van der Waals surface area contributed by atoms with Crippen LogP contribution in [0.1, 0.15) is 32.3 Å². The summed E-state index contributed by atoms with van der Waals surface area (Å²) < 4.78 is 10.2. The van der Waals surface area contributed by atoms with Crippen LogP contribution in [0.4, 0.5) is 0 Å². The number of dihydropyridines is 1. The molecule has 1 aromatic heterocycles. The van der Waals surface area contributed by atoms with Crippen LogP contribution in [0.5, 0.6) is 0 Å². The number of rotatable bonds is 6. The van der Waals surface area contributed by atoms with Crippen molar-refractivity contribution >= 4 is 23.0 Å². The van der Waals surface area contributed by atoms with Crippen LogP contribution in [-0.4, -0.2) is 45.7 Å². The summed E-state index contributed by atoms with van der Waals surface area (Å²) in [6.07, 6.45) is 0. The third kappa shape index (κ3) is 3.48. The van der Waals surface area contributed by atoms with Gasteiger partial charge in [-0.3, -0.25) is 0 Å². The average Bonchev–Trinajstić information content (AvgIpc) is 3.13. The van der Waals surface area contributed by atoms with Gasteiger partial charge in [0.25, 0.3) is 0 Å². The summed E-state index contributed by atoms with van der Waals surface area (Å²) >= 11 is 0. The molecule has 0 amide bonds. The summed E-state index contributed by atoms with van der Waals surface area (Å²) in [6, 6.07) is 5.00. The number of hydrogen-bond donors (Lipinski definition) is 3. The number of carbonyl (C=O) groups excluding carboxylic acids is 1. The van der Waals surface area contributed by atoms with Crippen LogP contribution in [0.2, 0.25) is 0 Å². The van der Waals surface area contributed by atoms with Crippen molar-refractivity contribution in [3.8, 4) is 0 Å². The van der Waals surface area contributed by atoms with Gasteiger partial charge in [0, 0.05) is 5.70 Å². The van der Waals surface area contributed by atoms with Crippen molar-refractivity contribution in [1.82, 2.24) is 15.6 Å². The second-order valence-corrected chi connectivity index (χ2v) is 6.92. The first-order valence-corrected chi connectivity index (χ1v) is 8.78. The standard InChI is InChI=1S/C19H21N3O6/c1-9(2)8-27-19(26)14-10(3)20-13(7-23)16(18(24)25)15(14)11-5-4-6-12-17(11)22-28-21-12/h4-6,9,15,20,23H,7-8H2,1-3H3,(H,24,25). The first kappa shape index (κ1) is 19.6. The third-order valence-corrected chi connectivity index (χ3v) is 4.43. The van der Waals surface area contributed by atoms with Crippen LogP contribution < -0.4 is 5.32 Å². The first-order valence-electron chi connectivity index (χ1n) is 8.78. The lowest BCUT2D eigenvalue weighted by atomic mass is 9.79. The lowest BCUT2D eigenvalue weighted by Gasteiger charge is -2.30. The fraction of sp³-hybridized carbons (Fsp3) is 0.368. The highest BCUT2D eigenvalue weighted by Gasteiger charge is 2.39. The number of aliphatic hydroxyl groups excluding tert-OH is 1. The molecule has 0 saturated heterocycles. The third-order valence-electron chi connectivity index (χ3n) is 4.43. The summed E-state index contributed by atoms with van der Waals surface area (Å²) in [5.41, 5.74) is 1.70. The van der Waals surface area contributed by atoms with Crippen molar-refractivity contribution in [2.75, 3.05) is 13.2 Å². The molecule has 2 aromatic rings. The second-order valence-electron chi connectivity index (χ2n) is 6.92. The predicted octanol–water partition coefficient (Wildman–Crippen LogP) is 1.71. The number of nitrogens with one attached hydrogen (secondary N) is 1. The van der Waals surface area contributed by atoms with Gasteiger partial charge in [-0.1, -0.05) is 26.0 Å². The maximum absolute atomic E-state index is 12.9. The SMILES string of the molecule is CC1=C(C(=O)OCC(C)C)C(c2cccc3nonc23)C(C(=O)O)=C(CO)N1. The molecule has 0 saturated carbocycles. The molecule has 0 bridgehead atoms. The minimum absolute atomic E-state index is 0.101. The number of aliphatic carboxylic acids is 1. The van der Waals surface area contributed by atoms with E-state index in [0.717, 1.165) is 0 Å². The van der Waals surface area contributed by atoms with Crippen LogP contribution in [-0.2, 0) is 14.3 Å². The number of allylic oxidation sites excluding steroid dienone is 1. The van der Waals surface area contributed by atoms with E-state index in [9.17, 15) is 19.8 Å². The van der Waals surface area contributed by atoms with Gasteiger partial charge in [-0.15, -0.1) is 0 Å². The van der Waals surface area contributed by atoms with E-state index in [1.807, 2.05) is 13.8 Å². The molecule has 148 valence electrons. The predicted molar refractivity (Wildman–Crippen MR) is 97.9 cm³/mol. The van der Waals surface area contributed by atoms with Crippen molar-refractivity contribution in [1.29, 1.82) is 0 Å². The summed E-state index contributed by atoms with van der Waals surface area (Å²) in [5.74, 6) is -2.79. The van der Waals surface area contributed by atoms with Gasteiger partial charge in [-0.25, -0.2) is 14.2 Å². The number of hydrogen-bond acceptors (Lipinski definition) is 8. The zero-order chi connectivity index (χ0) is 20.4. The van der Waals surface area contributed by atoms with Crippen molar-refractivity contribution in [3.05, 3.63) is 46.3 Å². The molecule has 9 nitrogen and oxygen atoms in total. The van der Waals surface area contributed by atoms with Gasteiger partial charge < -0.3 is 20.3 Å². The molecule has 1 unspecified atom stereocenters. The fourth-order valence-corrected chi connectivity index (χ4v) is 3.24. The van der Waals surface area contributed by atoms with E-state index in [1.165, 1.54) is 0 Å². The van der Waals surface area contributed by atoms with Crippen molar-refractivity contribution in [2.45, 2.75) is 26.7 Å². The highest BCUT2D eigenvalue weighted by atomic mass is 16.6. The van der Waals surface area contributed by atoms with Gasteiger partial charge in [0.05, 0.1) is 36.0 Å². The molecule has 1 aliphatic rings. The molecule has 28 heavy (non-hydrogen) atoms. The van der Waals surface area contributed by atoms with Crippen molar-refractivity contribution < 1.29 is 29.2 Å². The van der Waals surface area contributed by atoms with Gasteiger partial charge in [0.1, 0.15) is 11.0 Å². The molecule has 1 atom stereocenters. The van der Waals surface area contributed by atoms with E-state index in [4.69, 9.17) is 9.37 Å². The molecule has 0 fully saturated rings. The summed E-state index contributed by atoms with van der Waals surface area (Å²) in [7, 11) is 0. The summed E-state index contributed by atoms with van der Waals surface area (Å²) in [4.78, 5) is 25.0. The summed E-state index contributed by atoms with van der Waals surface area (Å²) in [5, 5.41) is 30.0. The number of ether oxygens (including phenoxy) is 1. The molecular formula is C19H21N3O6. The molecule has 0 radical (unpaired) electrons. The topological polar surface area (TPSA) is 135 Å². The van der Waals surface area contributed by atoms with E-state index < -0.39 is 24.5 Å². The largest absolute Gasteiger partial charge is 0.478 e. The molecule has 0 spiro atoms. The molecule has 1 aliphatic heterocycles. The Kier molecular flexibility index (Phi) is 5.46. The number of nitrogens with zero attached hydrogens (tertiary/aromatic N) is 2. The fourth-order valence-electron chi connectivity index (χ4n) is 3.24. The Labute approximate surface area is 160 Å². The van der Waals surface area contributed by atoms with E-state index in [1.54, 1.807) is 25.1 Å². The van der Waals surface area contributed by atoms with Crippen LogP contribution >= 0.6 is 0 Å². The average molecular weight is 387 g/mol. The lowest BCUT2D eigenvalue weighted by Crippen LogP contribution is -2.34. The number of carbonyl (C=O) groups is 2. The Morgan fingerprint density at radius 1 is 1.29 bits per heavy atom. The Morgan fingerprint density at radius 2 is 2.04 bits per heavy atom. The number of carboxylic acids is 1. The Hall–Kier alpha value is -3.20. The van der Waals surface area contributed by atoms with Gasteiger partial charge in [-0.05, 0) is 34.8 Å². The van der Waals surface area contributed by atoms with Crippen LogP contribution in [0.3, 0.4) is 0 Å². The van der Waals surface area contributed by atoms with E-state index in [0.29, 0.717) is 22.3 Å². The molecule has 2 heterocycles. The Balaban J connectivity index is 2.21. The zero-order valence-electron chi connectivity index (χ0n) is 15.7. The zero-order valence-corrected chi connectivity index (χ0v) is 15.7. The molecule has 3 rings (SSSR count). The van der Waals surface area contributed by atoms with Gasteiger partial charge >= 0.3 is 11.9 Å². The lowest BCUT2D eigenvalue weighted by molar-refractivity contribution is -0.140. The highest BCUT2D eigenvalue weighted by molar-refractivity contribution is 6.00. The van der Waals surface area contributed by atoms with E-state index in [2.05, 4.69) is 15.6 Å². The molecule has 3 N–H and O–H groups in total. The van der Waals surface area contributed by atoms with E-state index in [-0.39, 0.29) is 29.4 Å². The first-order chi connectivity index (χ1) is 13.3. The number of benzene rings is 1. The molecular weight excluding hydrogens is 366 g/mol.